The molecule has 0 bridgehead atoms. The first kappa shape index (κ1) is 23.7. The van der Waals surface area contributed by atoms with Gasteiger partial charge in [0.15, 0.2) is 5.71 Å². The third-order valence-corrected chi connectivity index (χ3v) is 7.08. The van der Waals surface area contributed by atoms with Crippen molar-refractivity contribution in [2.45, 2.75) is 32.1 Å². The van der Waals surface area contributed by atoms with Gasteiger partial charge < -0.3 is 4.42 Å². The van der Waals surface area contributed by atoms with Gasteiger partial charge in [0.25, 0.3) is 10.1 Å². The molecular formula is C27H26NO5S+. The Hall–Kier alpha value is -3.47. The average molecular weight is 477 g/mol. The number of fused-ring (bicyclic) bond motifs is 2. The summed E-state index contributed by atoms with van der Waals surface area (Å²) in [5.74, 6) is 2.24. The van der Waals surface area contributed by atoms with Crippen LogP contribution in [0.4, 0.5) is 5.69 Å². The summed E-state index contributed by atoms with van der Waals surface area (Å²) < 4.78 is 39.0. The zero-order valence-electron chi connectivity index (χ0n) is 19.2. The Bertz CT molecular complexity index is 1550. The molecule has 1 aliphatic heterocycles. The Kier molecular flexibility index (Phi) is 6.07. The van der Waals surface area contributed by atoms with Gasteiger partial charge in [0.2, 0.25) is 5.69 Å². The number of nitrogens with zero attached hydrogens (tertiary/aromatic N) is 1. The summed E-state index contributed by atoms with van der Waals surface area (Å²) in [4.78, 5) is 13.0. The van der Waals surface area contributed by atoms with Gasteiger partial charge in [-0.1, -0.05) is 30.7 Å². The second kappa shape index (κ2) is 8.71. The summed E-state index contributed by atoms with van der Waals surface area (Å²) >= 11 is 0. The Balaban J connectivity index is 1.80. The van der Waals surface area contributed by atoms with Crippen molar-refractivity contribution in [1.29, 1.82) is 0 Å². The summed E-state index contributed by atoms with van der Waals surface area (Å²) in [6.07, 6.45) is 6.30. The predicted octanol–water partition coefficient (Wildman–Crippen LogP) is 4.53. The van der Waals surface area contributed by atoms with Gasteiger partial charge >= 0.3 is 5.63 Å². The number of para-hydroxylation sites is 1. The molecule has 0 atom stereocenters. The van der Waals surface area contributed by atoms with E-state index in [2.05, 4.69) is 30.9 Å². The van der Waals surface area contributed by atoms with E-state index in [4.69, 9.17) is 15.4 Å². The second-order valence-corrected chi connectivity index (χ2v) is 10.5. The summed E-state index contributed by atoms with van der Waals surface area (Å²) in [5, 5.41) is 0.739. The van der Waals surface area contributed by atoms with Crippen LogP contribution in [-0.4, -0.2) is 35.6 Å². The average Bonchev–Trinajstić information content (AvgIpc) is 3.01. The second-order valence-electron chi connectivity index (χ2n) is 8.96. The molecule has 174 valence electrons. The van der Waals surface area contributed by atoms with Gasteiger partial charge in [0.1, 0.15) is 12.1 Å². The molecule has 0 aliphatic carbocycles. The lowest BCUT2D eigenvalue weighted by Crippen LogP contribution is -2.32. The van der Waals surface area contributed by atoms with Gasteiger partial charge in [0, 0.05) is 34.6 Å². The van der Waals surface area contributed by atoms with Gasteiger partial charge in [-0.25, -0.2) is 4.79 Å². The van der Waals surface area contributed by atoms with Crippen LogP contribution in [0.3, 0.4) is 0 Å². The Morgan fingerprint density at radius 2 is 1.91 bits per heavy atom. The van der Waals surface area contributed by atoms with Crippen molar-refractivity contribution >= 4 is 38.1 Å². The third kappa shape index (κ3) is 4.35. The molecule has 0 fully saturated rings. The van der Waals surface area contributed by atoms with Gasteiger partial charge in [-0.05, 0) is 44.5 Å². The molecule has 7 heteroatoms. The molecule has 3 aromatic rings. The van der Waals surface area contributed by atoms with Crippen LogP contribution in [0.25, 0.3) is 16.5 Å². The van der Waals surface area contributed by atoms with Crippen molar-refractivity contribution in [3.63, 3.8) is 0 Å². The van der Waals surface area contributed by atoms with Crippen LogP contribution < -0.4 is 5.63 Å². The zero-order chi connectivity index (χ0) is 24.7. The van der Waals surface area contributed by atoms with Crippen LogP contribution in [0.15, 0.2) is 64.3 Å². The first-order valence-electron chi connectivity index (χ1n) is 11.0. The maximum absolute atomic E-state index is 13.0. The predicted molar refractivity (Wildman–Crippen MR) is 134 cm³/mol. The molecule has 4 rings (SSSR count). The van der Waals surface area contributed by atoms with Crippen LogP contribution in [-0.2, 0) is 15.5 Å². The van der Waals surface area contributed by atoms with E-state index < -0.39 is 21.2 Å². The normalized spacial score (nSPS) is 14.8. The molecule has 34 heavy (non-hydrogen) atoms. The molecule has 0 amide bonds. The van der Waals surface area contributed by atoms with Crippen molar-refractivity contribution in [1.82, 2.24) is 0 Å². The number of hydrogen-bond donors (Lipinski definition) is 1. The minimum Gasteiger partial charge on any atom is -0.422 e. The number of rotatable bonds is 7. The van der Waals surface area contributed by atoms with Crippen molar-refractivity contribution in [2.75, 3.05) is 12.3 Å². The fraction of sp³-hybridized carbons (Fsp3) is 0.259. The Morgan fingerprint density at radius 3 is 2.62 bits per heavy atom. The highest BCUT2D eigenvalue weighted by Gasteiger charge is 2.47. The van der Waals surface area contributed by atoms with E-state index in [-0.39, 0.29) is 5.75 Å². The van der Waals surface area contributed by atoms with E-state index in [9.17, 15) is 13.2 Å². The van der Waals surface area contributed by atoms with Crippen LogP contribution in [0, 0.1) is 12.3 Å². The number of hydrogen-bond acceptors (Lipinski definition) is 4. The van der Waals surface area contributed by atoms with Gasteiger partial charge in [-0.2, -0.15) is 13.0 Å². The number of unbranched alkanes of at least 4 members (excludes halogenated alkanes) is 1. The monoisotopic (exact) mass is 476 g/mol. The van der Waals surface area contributed by atoms with Crippen LogP contribution in [0.1, 0.15) is 43.4 Å². The largest absolute Gasteiger partial charge is 0.422 e. The van der Waals surface area contributed by atoms with Crippen LogP contribution >= 0.6 is 0 Å². The maximum Gasteiger partial charge on any atom is 0.344 e. The summed E-state index contributed by atoms with van der Waals surface area (Å²) in [6.45, 7) is 8.96. The topological polar surface area (TPSA) is 87.6 Å². The standard InChI is InChI=1S/C27H25NO5S/c1-5-19-12-13-20-17-21(26(29)33-24(20)16-19)18(2)25-27(3,4)22-10-6-7-11-23(22)28(25)14-8-9-15-34(30,31)32/h1,6-7,10-13,16-17H,2,8-9,14-15H2,3-4H3/p+1. The van der Waals surface area contributed by atoms with E-state index in [1.165, 1.54) is 0 Å². The van der Waals surface area contributed by atoms with Crippen molar-refractivity contribution in [2.24, 2.45) is 0 Å². The first-order valence-corrected chi connectivity index (χ1v) is 12.6. The maximum atomic E-state index is 13.0. The molecule has 0 saturated heterocycles. The molecule has 0 radical (unpaired) electrons. The lowest BCUT2D eigenvalue weighted by molar-refractivity contribution is -0.437. The number of benzene rings is 2. The zero-order valence-corrected chi connectivity index (χ0v) is 20.0. The van der Waals surface area contributed by atoms with Gasteiger partial charge in [-0.15, -0.1) is 6.42 Å². The summed E-state index contributed by atoms with van der Waals surface area (Å²) in [7, 11) is -4.02. The third-order valence-electron chi connectivity index (χ3n) is 6.28. The van der Waals surface area contributed by atoms with Gasteiger partial charge in [0.05, 0.1) is 16.7 Å². The van der Waals surface area contributed by atoms with E-state index in [1.54, 1.807) is 18.2 Å². The molecule has 0 unspecified atom stereocenters. The highest BCUT2D eigenvalue weighted by molar-refractivity contribution is 7.85. The quantitative estimate of drug-likeness (QED) is 0.178. The van der Waals surface area contributed by atoms with Crippen LogP contribution in [0.2, 0.25) is 0 Å². The lowest BCUT2D eigenvalue weighted by Gasteiger charge is -2.19. The fourth-order valence-corrected chi connectivity index (χ4v) is 5.26. The molecule has 1 aromatic heterocycles. The fourth-order valence-electron chi connectivity index (χ4n) is 4.69. The molecular weight excluding hydrogens is 450 g/mol. The minimum absolute atomic E-state index is 0.296. The molecule has 1 N–H and O–H groups in total. The number of allylic oxidation sites excluding steroid dienone is 1. The molecule has 2 aromatic carbocycles. The van der Waals surface area contributed by atoms with Crippen molar-refractivity contribution < 1.29 is 22.0 Å². The SMILES string of the molecule is C#Cc1ccc2cc(C(=C)C3=[N+](CCCCS(=O)(=O)O)c4ccccc4C3(C)C)c(=O)oc2c1. The Morgan fingerprint density at radius 1 is 1.18 bits per heavy atom. The number of terminal acetylenes is 1. The smallest absolute Gasteiger partial charge is 0.344 e. The van der Waals surface area contributed by atoms with E-state index in [0.29, 0.717) is 41.7 Å². The molecule has 2 heterocycles. The Labute approximate surface area is 199 Å². The van der Waals surface area contributed by atoms with Gasteiger partial charge in [-0.3, -0.25) is 4.55 Å². The molecule has 6 nitrogen and oxygen atoms in total. The highest BCUT2D eigenvalue weighted by Crippen LogP contribution is 2.43. The summed E-state index contributed by atoms with van der Waals surface area (Å²) in [5.41, 5.74) is 3.92. The van der Waals surface area contributed by atoms with E-state index in [1.807, 2.05) is 30.3 Å². The highest BCUT2D eigenvalue weighted by atomic mass is 32.2. The first-order chi connectivity index (χ1) is 16.0. The van der Waals surface area contributed by atoms with E-state index >= 15 is 0 Å². The lowest BCUT2D eigenvalue weighted by atomic mass is 9.78. The molecule has 0 spiro atoms. The van der Waals surface area contributed by atoms with E-state index in [0.717, 1.165) is 22.3 Å². The van der Waals surface area contributed by atoms with Crippen molar-refractivity contribution in [3.05, 3.63) is 82.2 Å². The molecule has 1 aliphatic rings. The van der Waals surface area contributed by atoms with Crippen molar-refractivity contribution in [3.8, 4) is 12.3 Å². The minimum atomic E-state index is -4.02. The summed E-state index contributed by atoms with van der Waals surface area (Å²) in [6, 6.07) is 15.0. The molecule has 0 saturated carbocycles. The van der Waals surface area contributed by atoms with Crippen LogP contribution in [0.5, 0.6) is 0 Å².